The molecule has 2 fully saturated rings. The van der Waals surface area contributed by atoms with Crippen molar-refractivity contribution in [1.29, 1.82) is 0 Å². The number of nitrogen functional groups attached to an aromatic ring is 1. The molecule has 0 bridgehead atoms. The highest BCUT2D eigenvalue weighted by Gasteiger charge is 2.81. The molecule has 32 heavy (non-hydrogen) atoms. The zero-order valence-electron chi connectivity index (χ0n) is 16.9. The first kappa shape index (κ1) is 21.0. The summed E-state index contributed by atoms with van der Waals surface area (Å²) >= 11 is 0. The van der Waals surface area contributed by atoms with Gasteiger partial charge in [0.1, 0.15) is 18.9 Å². The Morgan fingerprint density at radius 1 is 1.34 bits per heavy atom. The average molecular weight is 464 g/mol. The minimum absolute atomic E-state index is 0.0446. The number of alkyl halides is 1. The van der Waals surface area contributed by atoms with Crippen LogP contribution in [-0.4, -0.2) is 56.2 Å². The van der Waals surface area contributed by atoms with Crippen molar-refractivity contribution in [3.05, 3.63) is 36.7 Å². The second-order valence-electron chi connectivity index (χ2n) is 7.44. The molecule has 1 aromatic carbocycles. The van der Waals surface area contributed by atoms with Crippen LogP contribution in [0.3, 0.4) is 0 Å². The van der Waals surface area contributed by atoms with Crippen molar-refractivity contribution in [2.75, 3.05) is 19.0 Å². The van der Waals surface area contributed by atoms with E-state index in [0.717, 1.165) is 0 Å². The number of ether oxygens (including phenoxy) is 2. The second-order valence-corrected chi connectivity index (χ2v) is 8.28. The molecule has 2 aliphatic rings. The molecule has 1 aliphatic carbocycles. The summed E-state index contributed by atoms with van der Waals surface area (Å²) in [5, 5.41) is 11.0. The third-order valence-electron chi connectivity index (χ3n) is 5.65. The van der Waals surface area contributed by atoms with Crippen molar-refractivity contribution in [3.8, 4) is 11.6 Å². The minimum atomic E-state index is -2.60. The van der Waals surface area contributed by atoms with Gasteiger partial charge in [-0.05, 0) is 19.1 Å². The minimum Gasteiger partial charge on any atom is -0.476 e. The number of benzene rings is 1. The molecule has 11 nitrogen and oxygen atoms in total. The van der Waals surface area contributed by atoms with Crippen molar-refractivity contribution in [3.63, 3.8) is 0 Å². The number of aromatic nitrogens is 4. The molecule has 1 saturated carbocycles. The number of rotatable bonds is 8. The Kier molecular flexibility index (Phi) is 5.17. The summed E-state index contributed by atoms with van der Waals surface area (Å²) in [5.74, 6) is 0.500. The molecule has 0 amide bonds. The lowest BCUT2D eigenvalue weighted by molar-refractivity contribution is -0.0744. The van der Waals surface area contributed by atoms with Gasteiger partial charge in [0.05, 0.1) is 18.3 Å². The van der Waals surface area contributed by atoms with Crippen LogP contribution in [0.25, 0.3) is 11.2 Å². The van der Waals surface area contributed by atoms with Crippen LogP contribution in [0.2, 0.25) is 0 Å². The molecule has 2 unspecified atom stereocenters. The lowest BCUT2D eigenvalue weighted by Crippen LogP contribution is -2.34. The molecule has 2 aromatic heterocycles. The summed E-state index contributed by atoms with van der Waals surface area (Å²) in [6.07, 6.45) is -2.70. The van der Waals surface area contributed by atoms with Crippen molar-refractivity contribution < 1.29 is 32.6 Å². The summed E-state index contributed by atoms with van der Waals surface area (Å²) in [6, 6.07) is 8.45. The zero-order valence-corrected chi connectivity index (χ0v) is 17.8. The predicted molar refractivity (Wildman–Crippen MR) is 109 cm³/mol. The van der Waals surface area contributed by atoms with Crippen LogP contribution in [0.15, 0.2) is 36.7 Å². The fraction of sp³-hybridized carbons (Fsp3) is 0.421. The van der Waals surface area contributed by atoms with Gasteiger partial charge in [-0.15, -0.1) is 4.52 Å². The standard InChI is InChI=1S/C19H20FN5O6P/c1-2-28-16-11-15(23-18(21)24-16)25(9-22-11)17-12(26)19(8-20)13(29-17)14(19)31-32(27)30-10-6-4-3-5-7-10/h3-7,9,12-14,17,26H,2,8H2,1H3,(H2,21,23,24)/q+1/t12-,13+,14?,17+,19+/m0/s1. The Labute approximate surface area is 182 Å². The molecule has 168 valence electrons. The number of hydrogen-bond donors (Lipinski definition) is 2. The monoisotopic (exact) mass is 464 g/mol. The quantitative estimate of drug-likeness (QED) is 0.476. The number of para-hydroxylation sites is 1. The molecule has 0 spiro atoms. The van der Waals surface area contributed by atoms with Gasteiger partial charge in [0.25, 0.3) is 0 Å². The summed E-state index contributed by atoms with van der Waals surface area (Å²) in [5.41, 5.74) is 5.00. The maximum atomic E-state index is 14.1. The fourth-order valence-corrected chi connectivity index (χ4v) is 4.86. The normalized spacial score (nSPS) is 29.0. The van der Waals surface area contributed by atoms with Crippen molar-refractivity contribution >= 4 is 25.4 Å². The van der Waals surface area contributed by atoms with E-state index >= 15 is 0 Å². The predicted octanol–water partition coefficient (Wildman–Crippen LogP) is 2.16. The van der Waals surface area contributed by atoms with E-state index in [0.29, 0.717) is 17.9 Å². The van der Waals surface area contributed by atoms with Crippen molar-refractivity contribution in [2.45, 2.75) is 31.5 Å². The zero-order chi connectivity index (χ0) is 22.5. The largest absolute Gasteiger partial charge is 0.750 e. The van der Waals surface area contributed by atoms with E-state index < -0.39 is 44.9 Å². The highest BCUT2D eigenvalue weighted by Crippen LogP contribution is 2.64. The molecular formula is C19H20FN5O6P+. The molecule has 3 heterocycles. The van der Waals surface area contributed by atoms with Gasteiger partial charge in [-0.1, -0.05) is 18.2 Å². The van der Waals surface area contributed by atoms with Crippen LogP contribution >= 0.6 is 8.25 Å². The third-order valence-corrected chi connectivity index (χ3v) is 6.41. The van der Waals surface area contributed by atoms with Gasteiger partial charge in [-0.3, -0.25) is 8.96 Å². The number of fused-ring (bicyclic) bond motifs is 2. The third kappa shape index (κ3) is 3.18. The fourth-order valence-electron chi connectivity index (χ4n) is 4.03. The van der Waals surface area contributed by atoms with Gasteiger partial charge in [-0.25, -0.2) is 9.51 Å². The number of nitrogens with two attached hydrogens (primary N) is 1. The lowest BCUT2D eigenvalue weighted by Gasteiger charge is -2.23. The molecule has 0 radical (unpaired) electrons. The first-order chi connectivity index (χ1) is 15.5. The Bertz CT molecular complexity index is 1170. The number of imidazole rings is 1. The summed E-state index contributed by atoms with van der Waals surface area (Å²) < 4.78 is 49.8. The molecule has 3 N–H and O–H groups in total. The van der Waals surface area contributed by atoms with Gasteiger partial charge in [-0.2, -0.15) is 9.97 Å². The second kappa shape index (κ2) is 7.89. The lowest BCUT2D eigenvalue weighted by atomic mass is 10.0. The van der Waals surface area contributed by atoms with E-state index in [4.69, 9.17) is 24.3 Å². The van der Waals surface area contributed by atoms with Crippen LogP contribution < -0.4 is 15.0 Å². The van der Waals surface area contributed by atoms with Crippen LogP contribution in [0.4, 0.5) is 10.3 Å². The van der Waals surface area contributed by atoms with E-state index in [1.807, 2.05) is 0 Å². The maximum absolute atomic E-state index is 14.1. The number of hydrogen-bond acceptors (Lipinski definition) is 10. The molecule has 5 rings (SSSR count). The average Bonchev–Trinajstić information content (AvgIpc) is 3.03. The van der Waals surface area contributed by atoms with Gasteiger partial charge in [0.15, 0.2) is 29.2 Å². The Hall–Kier alpha value is -2.92. The smallest absolute Gasteiger partial charge is 0.476 e. The SMILES string of the molecule is CCOc1nc(N)nc2c1ncn2[C@@H]1O[C@@H]2C(O[P+](=O)Oc3ccccc3)[C@]2(CF)[C@H]1O. The molecule has 13 heteroatoms. The van der Waals surface area contributed by atoms with Gasteiger partial charge < -0.3 is 20.3 Å². The molecule has 1 aliphatic heterocycles. The van der Waals surface area contributed by atoms with Gasteiger partial charge >= 0.3 is 8.25 Å². The van der Waals surface area contributed by atoms with Crippen molar-refractivity contribution in [1.82, 2.24) is 19.5 Å². The summed E-state index contributed by atoms with van der Waals surface area (Å²) in [4.78, 5) is 12.4. The molecule has 3 aromatic rings. The van der Waals surface area contributed by atoms with E-state index in [1.54, 1.807) is 37.3 Å². The number of aliphatic hydroxyl groups excluding tert-OH is 1. The summed E-state index contributed by atoms with van der Waals surface area (Å²) in [7, 11) is -2.60. The summed E-state index contributed by atoms with van der Waals surface area (Å²) in [6.45, 7) is 1.19. The Balaban J connectivity index is 1.36. The van der Waals surface area contributed by atoms with E-state index in [-0.39, 0.29) is 17.5 Å². The number of aliphatic hydroxyl groups is 1. The number of anilines is 1. The first-order valence-corrected chi connectivity index (χ1v) is 11.0. The number of halogens is 1. The Morgan fingerprint density at radius 2 is 2.12 bits per heavy atom. The van der Waals surface area contributed by atoms with Crippen LogP contribution in [-0.2, 0) is 13.8 Å². The highest BCUT2D eigenvalue weighted by atomic mass is 31.1. The van der Waals surface area contributed by atoms with Gasteiger partial charge in [0.2, 0.25) is 11.8 Å². The molecule has 6 atom stereocenters. The van der Waals surface area contributed by atoms with Gasteiger partial charge in [0, 0.05) is 4.57 Å². The maximum Gasteiger partial charge on any atom is 0.750 e. The van der Waals surface area contributed by atoms with Crippen LogP contribution in [0, 0.1) is 5.41 Å². The van der Waals surface area contributed by atoms with E-state index in [2.05, 4.69) is 15.0 Å². The van der Waals surface area contributed by atoms with E-state index in [1.165, 1.54) is 10.9 Å². The Morgan fingerprint density at radius 3 is 2.81 bits per heavy atom. The van der Waals surface area contributed by atoms with Crippen LogP contribution in [0.5, 0.6) is 11.6 Å². The van der Waals surface area contributed by atoms with Crippen LogP contribution in [0.1, 0.15) is 13.2 Å². The first-order valence-electron chi connectivity index (χ1n) is 9.89. The van der Waals surface area contributed by atoms with E-state index in [9.17, 15) is 14.1 Å². The number of nitrogens with zero attached hydrogens (tertiary/aromatic N) is 4. The van der Waals surface area contributed by atoms with Crippen molar-refractivity contribution in [2.24, 2.45) is 5.41 Å². The highest BCUT2D eigenvalue weighted by molar-refractivity contribution is 7.33. The molecule has 1 saturated heterocycles. The molecular weight excluding hydrogens is 444 g/mol. The topological polar surface area (TPSA) is 144 Å².